The van der Waals surface area contributed by atoms with Crippen LogP contribution in [0.2, 0.25) is 5.02 Å². The number of anilines is 1. The molecular weight excluding hydrogens is 353 g/mol. The van der Waals surface area contributed by atoms with Crippen molar-refractivity contribution < 1.29 is 14.3 Å². The summed E-state index contributed by atoms with van der Waals surface area (Å²) in [5.41, 5.74) is 0.942. The molecule has 0 spiro atoms. The van der Waals surface area contributed by atoms with E-state index in [1.165, 1.54) is 0 Å². The van der Waals surface area contributed by atoms with E-state index in [1.54, 1.807) is 18.2 Å². The Hall–Kier alpha value is -1.34. The Morgan fingerprint density at radius 1 is 1.42 bits per heavy atom. The van der Waals surface area contributed by atoms with E-state index in [9.17, 15) is 9.59 Å². The Morgan fingerprint density at radius 2 is 2.17 bits per heavy atom. The summed E-state index contributed by atoms with van der Waals surface area (Å²) in [7, 11) is 0. The molecule has 1 aromatic rings. The lowest BCUT2D eigenvalue weighted by Gasteiger charge is -2.29. The van der Waals surface area contributed by atoms with Gasteiger partial charge >= 0.3 is 0 Å². The standard InChI is InChI=1S/C16H22ClN3O3.ClH/c1-3-6-19-15(21)12-5-4-11(9-13(12)17)20-16(22)14-10(2)23-8-7-18-14;/h4-5,9-10,14,18H,3,6-8H2,1-2H3,(H,19,21)(H,20,22);1H/t10-,14+;/m1./s1. The summed E-state index contributed by atoms with van der Waals surface area (Å²) >= 11 is 6.15. The van der Waals surface area contributed by atoms with Gasteiger partial charge in [0, 0.05) is 18.8 Å². The smallest absolute Gasteiger partial charge is 0.252 e. The van der Waals surface area contributed by atoms with Crippen LogP contribution in [0.25, 0.3) is 0 Å². The number of amides is 2. The van der Waals surface area contributed by atoms with Crippen molar-refractivity contribution in [1.29, 1.82) is 0 Å². The number of carbonyl (C=O) groups is 2. The first-order valence-corrected chi connectivity index (χ1v) is 8.14. The largest absolute Gasteiger partial charge is 0.375 e. The fraction of sp³-hybridized carbons (Fsp3) is 0.500. The van der Waals surface area contributed by atoms with Crippen LogP contribution < -0.4 is 16.0 Å². The third-order valence-electron chi connectivity index (χ3n) is 3.62. The fourth-order valence-corrected chi connectivity index (χ4v) is 2.62. The quantitative estimate of drug-likeness (QED) is 0.736. The van der Waals surface area contributed by atoms with Crippen molar-refractivity contribution in [3.63, 3.8) is 0 Å². The van der Waals surface area contributed by atoms with E-state index < -0.39 is 6.04 Å². The molecule has 0 saturated carbocycles. The maximum Gasteiger partial charge on any atom is 0.252 e. The number of hydrogen-bond acceptors (Lipinski definition) is 4. The number of carbonyl (C=O) groups excluding carboxylic acids is 2. The molecule has 0 aromatic heterocycles. The first-order valence-electron chi connectivity index (χ1n) is 7.76. The molecule has 2 rings (SSSR count). The number of benzene rings is 1. The van der Waals surface area contributed by atoms with Gasteiger partial charge in [-0.1, -0.05) is 18.5 Å². The Morgan fingerprint density at radius 3 is 2.79 bits per heavy atom. The number of rotatable bonds is 5. The SMILES string of the molecule is CCCNC(=O)c1ccc(NC(=O)[C@H]2NCCO[C@@H]2C)cc1Cl.Cl. The molecule has 24 heavy (non-hydrogen) atoms. The molecule has 6 nitrogen and oxygen atoms in total. The minimum atomic E-state index is -0.407. The van der Waals surface area contributed by atoms with Crippen LogP contribution in [-0.2, 0) is 9.53 Å². The maximum atomic E-state index is 12.3. The monoisotopic (exact) mass is 375 g/mol. The van der Waals surface area contributed by atoms with Crippen molar-refractivity contribution >= 4 is 41.5 Å². The molecule has 2 atom stereocenters. The summed E-state index contributed by atoms with van der Waals surface area (Å²) in [5, 5.41) is 8.99. The lowest BCUT2D eigenvalue weighted by molar-refractivity contribution is -0.123. The Balaban J connectivity index is 0.00000288. The highest BCUT2D eigenvalue weighted by Crippen LogP contribution is 2.21. The highest BCUT2D eigenvalue weighted by atomic mass is 35.5. The molecule has 1 aliphatic heterocycles. The van der Waals surface area contributed by atoms with Gasteiger partial charge in [-0.3, -0.25) is 9.59 Å². The molecule has 134 valence electrons. The number of nitrogens with one attached hydrogen (secondary N) is 3. The molecule has 1 aliphatic rings. The van der Waals surface area contributed by atoms with Crippen LogP contribution in [0.4, 0.5) is 5.69 Å². The van der Waals surface area contributed by atoms with Gasteiger partial charge in [-0.15, -0.1) is 12.4 Å². The van der Waals surface area contributed by atoms with Gasteiger partial charge in [0.25, 0.3) is 5.91 Å². The Kier molecular flexibility index (Phi) is 8.48. The normalized spacial score (nSPS) is 20.0. The molecule has 1 fully saturated rings. The predicted molar refractivity (Wildman–Crippen MR) is 97.2 cm³/mol. The first kappa shape index (κ1) is 20.7. The van der Waals surface area contributed by atoms with Gasteiger partial charge in [0.1, 0.15) is 6.04 Å². The summed E-state index contributed by atoms with van der Waals surface area (Å²) < 4.78 is 5.46. The molecule has 8 heteroatoms. The predicted octanol–water partition coefficient (Wildman–Crippen LogP) is 2.22. The van der Waals surface area contributed by atoms with E-state index in [0.717, 1.165) is 6.42 Å². The third kappa shape index (κ3) is 5.34. The lowest BCUT2D eigenvalue weighted by Crippen LogP contribution is -2.53. The van der Waals surface area contributed by atoms with Gasteiger partial charge in [-0.2, -0.15) is 0 Å². The van der Waals surface area contributed by atoms with Gasteiger partial charge in [0.2, 0.25) is 5.91 Å². The minimum absolute atomic E-state index is 0. The van der Waals surface area contributed by atoms with E-state index in [0.29, 0.717) is 36.0 Å². The second-order valence-electron chi connectivity index (χ2n) is 5.45. The number of hydrogen-bond donors (Lipinski definition) is 3. The van der Waals surface area contributed by atoms with Crippen LogP contribution in [0.5, 0.6) is 0 Å². The summed E-state index contributed by atoms with van der Waals surface area (Å²) in [4.78, 5) is 24.2. The number of halogens is 2. The van der Waals surface area contributed by atoms with E-state index in [2.05, 4.69) is 16.0 Å². The van der Waals surface area contributed by atoms with Crippen molar-refractivity contribution in [3.05, 3.63) is 28.8 Å². The lowest BCUT2D eigenvalue weighted by atomic mass is 10.1. The third-order valence-corrected chi connectivity index (χ3v) is 3.93. The Labute approximate surface area is 153 Å². The van der Waals surface area contributed by atoms with Crippen LogP contribution in [-0.4, -0.2) is 43.7 Å². The number of ether oxygens (including phenoxy) is 1. The van der Waals surface area contributed by atoms with Gasteiger partial charge in [0.15, 0.2) is 0 Å². The van der Waals surface area contributed by atoms with Crippen molar-refractivity contribution in [2.24, 2.45) is 0 Å². The van der Waals surface area contributed by atoms with E-state index >= 15 is 0 Å². The molecular formula is C16H23Cl2N3O3. The zero-order valence-electron chi connectivity index (χ0n) is 13.7. The van der Waals surface area contributed by atoms with E-state index in [-0.39, 0.29) is 30.3 Å². The average Bonchev–Trinajstić information content (AvgIpc) is 2.53. The van der Waals surface area contributed by atoms with Crippen LogP contribution in [0, 0.1) is 0 Å². The van der Waals surface area contributed by atoms with Crippen molar-refractivity contribution in [3.8, 4) is 0 Å². The van der Waals surface area contributed by atoms with Crippen LogP contribution >= 0.6 is 24.0 Å². The fourth-order valence-electron chi connectivity index (χ4n) is 2.36. The highest BCUT2D eigenvalue weighted by molar-refractivity contribution is 6.34. The summed E-state index contributed by atoms with van der Waals surface area (Å²) in [6, 6.07) is 4.44. The summed E-state index contributed by atoms with van der Waals surface area (Å²) in [6.07, 6.45) is 0.657. The summed E-state index contributed by atoms with van der Waals surface area (Å²) in [5.74, 6) is -0.401. The molecule has 0 unspecified atom stereocenters. The molecule has 0 aliphatic carbocycles. The average molecular weight is 376 g/mol. The van der Waals surface area contributed by atoms with Crippen LogP contribution in [0.3, 0.4) is 0 Å². The molecule has 0 bridgehead atoms. The maximum absolute atomic E-state index is 12.3. The van der Waals surface area contributed by atoms with Crippen molar-refractivity contribution in [1.82, 2.24) is 10.6 Å². The molecule has 0 radical (unpaired) electrons. The van der Waals surface area contributed by atoms with Gasteiger partial charge in [-0.05, 0) is 31.5 Å². The van der Waals surface area contributed by atoms with Gasteiger partial charge < -0.3 is 20.7 Å². The summed E-state index contributed by atoms with van der Waals surface area (Å²) in [6.45, 7) is 5.66. The second kappa shape index (κ2) is 9.84. The number of morpholine rings is 1. The van der Waals surface area contributed by atoms with E-state index in [1.807, 2.05) is 13.8 Å². The second-order valence-corrected chi connectivity index (χ2v) is 5.85. The van der Waals surface area contributed by atoms with Crippen molar-refractivity contribution in [2.45, 2.75) is 32.4 Å². The molecule has 1 saturated heterocycles. The Bertz CT molecular complexity index is 584. The molecule has 2 amide bonds. The topological polar surface area (TPSA) is 79.5 Å². The molecule has 1 heterocycles. The van der Waals surface area contributed by atoms with Gasteiger partial charge in [-0.25, -0.2) is 0 Å². The first-order chi connectivity index (χ1) is 11.0. The van der Waals surface area contributed by atoms with Crippen LogP contribution in [0.1, 0.15) is 30.6 Å². The molecule has 3 N–H and O–H groups in total. The molecule has 1 aromatic carbocycles. The van der Waals surface area contributed by atoms with Crippen molar-refractivity contribution in [2.75, 3.05) is 25.0 Å². The zero-order valence-corrected chi connectivity index (χ0v) is 15.3. The van der Waals surface area contributed by atoms with E-state index in [4.69, 9.17) is 16.3 Å². The zero-order chi connectivity index (χ0) is 16.8. The van der Waals surface area contributed by atoms with Crippen LogP contribution in [0.15, 0.2) is 18.2 Å². The highest BCUT2D eigenvalue weighted by Gasteiger charge is 2.28. The van der Waals surface area contributed by atoms with Gasteiger partial charge in [0.05, 0.1) is 23.3 Å². The minimum Gasteiger partial charge on any atom is -0.375 e.